The minimum absolute atomic E-state index is 0.552. The molecule has 0 saturated carbocycles. The molecule has 2 unspecified atom stereocenters. The van der Waals surface area contributed by atoms with Crippen molar-refractivity contribution >= 4 is 0 Å². The fourth-order valence-electron chi connectivity index (χ4n) is 1.93. The molecule has 106 valence electrons. The third-order valence-corrected chi connectivity index (χ3v) is 3.72. The van der Waals surface area contributed by atoms with E-state index in [9.17, 15) is 0 Å². The lowest BCUT2D eigenvalue weighted by molar-refractivity contribution is 0.120. The Bertz CT molecular complexity index is 252. The zero-order valence-electron chi connectivity index (χ0n) is 12.4. The van der Waals surface area contributed by atoms with Crippen LogP contribution < -0.4 is 5.73 Å². The molecule has 0 rings (SSSR count). The predicted octanol–water partition coefficient (Wildman–Crippen LogP) is 2.14. The van der Waals surface area contributed by atoms with Crippen LogP contribution in [0.15, 0.2) is 0 Å². The van der Waals surface area contributed by atoms with E-state index in [1.54, 1.807) is 7.11 Å². The standard InChI is InChI=1S/C14H29N3O/c1-5-13(3)17(10-11-18-4)9-7-8-14(16,6-2)12-15/h13H,5-11,16H2,1-4H3. The number of rotatable bonds is 10. The molecule has 0 aromatic carbocycles. The van der Waals surface area contributed by atoms with Crippen LogP contribution in [-0.4, -0.2) is 43.3 Å². The van der Waals surface area contributed by atoms with Crippen molar-refractivity contribution in [1.29, 1.82) is 5.26 Å². The molecular weight excluding hydrogens is 226 g/mol. The molecule has 2 N–H and O–H groups in total. The average Bonchev–Trinajstić information content (AvgIpc) is 2.41. The highest BCUT2D eigenvalue weighted by molar-refractivity contribution is 5.03. The summed E-state index contributed by atoms with van der Waals surface area (Å²) in [6, 6.07) is 2.77. The van der Waals surface area contributed by atoms with Crippen LogP contribution in [0.4, 0.5) is 0 Å². The second-order valence-corrected chi connectivity index (χ2v) is 5.01. The van der Waals surface area contributed by atoms with Crippen molar-refractivity contribution < 1.29 is 4.74 Å². The van der Waals surface area contributed by atoms with Gasteiger partial charge in [0.05, 0.1) is 12.7 Å². The van der Waals surface area contributed by atoms with Crippen molar-refractivity contribution in [3.63, 3.8) is 0 Å². The number of nitrogens with two attached hydrogens (primary N) is 1. The Balaban J connectivity index is 4.14. The van der Waals surface area contributed by atoms with Crippen LogP contribution in [0.5, 0.6) is 0 Å². The Morgan fingerprint density at radius 1 is 1.39 bits per heavy atom. The van der Waals surface area contributed by atoms with Crippen LogP contribution in [0.3, 0.4) is 0 Å². The number of nitrogens with zero attached hydrogens (tertiary/aromatic N) is 2. The van der Waals surface area contributed by atoms with E-state index in [-0.39, 0.29) is 0 Å². The van der Waals surface area contributed by atoms with Gasteiger partial charge in [0, 0.05) is 19.7 Å². The largest absolute Gasteiger partial charge is 0.383 e. The third-order valence-electron chi connectivity index (χ3n) is 3.72. The Morgan fingerprint density at radius 2 is 2.06 bits per heavy atom. The quantitative estimate of drug-likeness (QED) is 0.649. The number of methoxy groups -OCH3 is 1. The smallest absolute Gasteiger partial charge is 0.104 e. The maximum atomic E-state index is 9.04. The molecule has 0 saturated heterocycles. The highest BCUT2D eigenvalue weighted by Gasteiger charge is 2.22. The van der Waals surface area contributed by atoms with Gasteiger partial charge in [-0.2, -0.15) is 5.26 Å². The molecule has 0 aliphatic carbocycles. The normalized spacial score (nSPS) is 16.3. The summed E-state index contributed by atoms with van der Waals surface area (Å²) < 4.78 is 5.14. The third kappa shape index (κ3) is 6.34. The molecule has 4 heteroatoms. The van der Waals surface area contributed by atoms with E-state index in [1.807, 2.05) is 6.92 Å². The van der Waals surface area contributed by atoms with Crippen molar-refractivity contribution in [2.75, 3.05) is 26.8 Å². The Kier molecular flexibility index (Phi) is 8.99. The van der Waals surface area contributed by atoms with Gasteiger partial charge in [-0.1, -0.05) is 13.8 Å². The zero-order chi connectivity index (χ0) is 14.0. The van der Waals surface area contributed by atoms with Gasteiger partial charge in [-0.05, 0) is 39.2 Å². The number of nitriles is 1. The summed E-state index contributed by atoms with van der Waals surface area (Å²) in [5.41, 5.74) is 5.34. The van der Waals surface area contributed by atoms with E-state index in [4.69, 9.17) is 15.7 Å². The van der Waals surface area contributed by atoms with E-state index >= 15 is 0 Å². The highest BCUT2D eigenvalue weighted by Crippen LogP contribution is 2.14. The van der Waals surface area contributed by atoms with Crippen molar-refractivity contribution in [3.05, 3.63) is 0 Å². The van der Waals surface area contributed by atoms with E-state index < -0.39 is 5.54 Å². The zero-order valence-corrected chi connectivity index (χ0v) is 12.4. The molecule has 18 heavy (non-hydrogen) atoms. The first-order chi connectivity index (χ1) is 8.52. The highest BCUT2D eigenvalue weighted by atomic mass is 16.5. The summed E-state index contributed by atoms with van der Waals surface area (Å²) >= 11 is 0. The van der Waals surface area contributed by atoms with Crippen molar-refractivity contribution in [2.24, 2.45) is 5.73 Å². The summed E-state index contributed by atoms with van der Waals surface area (Å²) in [5, 5.41) is 9.04. The van der Waals surface area contributed by atoms with E-state index in [1.165, 1.54) is 0 Å². The van der Waals surface area contributed by atoms with Gasteiger partial charge in [-0.25, -0.2) is 0 Å². The van der Waals surface area contributed by atoms with Crippen LogP contribution in [0.25, 0.3) is 0 Å². The number of hydrogen-bond acceptors (Lipinski definition) is 4. The molecule has 0 heterocycles. The second kappa shape index (κ2) is 9.32. The van der Waals surface area contributed by atoms with Gasteiger partial charge in [-0.15, -0.1) is 0 Å². The molecule has 2 atom stereocenters. The topological polar surface area (TPSA) is 62.3 Å². The summed E-state index contributed by atoms with van der Waals surface area (Å²) in [6.45, 7) is 9.08. The lowest BCUT2D eigenvalue weighted by Gasteiger charge is -2.29. The van der Waals surface area contributed by atoms with Gasteiger partial charge in [0.25, 0.3) is 0 Å². The van der Waals surface area contributed by atoms with Gasteiger partial charge in [0.2, 0.25) is 0 Å². The Hall–Kier alpha value is -0.630. The lowest BCUT2D eigenvalue weighted by Crippen LogP contribution is -2.40. The van der Waals surface area contributed by atoms with Crippen LogP contribution in [0.2, 0.25) is 0 Å². The minimum atomic E-state index is -0.650. The van der Waals surface area contributed by atoms with Crippen LogP contribution in [0, 0.1) is 11.3 Å². The summed E-state index contributed by atoms with van der Waals surface area (Å²) in [6.07, 6.45) is 3.57. The predicted molar refractivity (Wildman–Crippen MR) is 75.3 cm³/mol. The van der Waals surface area contributed by atoms with Gasteiger partial charge in [0.15, 0.2) is 0 Å². The van der Waals surface area contributed by atoms with Crippen molar-refractivity contribution in [2.45, 2.75) is 58.0 Å². The number of hydrogen-bond donors (Lipinski definition) is 1. The molecule has 0 spiro atoms. The van der Waals surface area contributed by atoms with E-state index in [0.29, 0.717) is 12.5 Å². The molecule has 0 fully saturated rings. The van der Waals surface area contributed by atoms with Crippen LogP contribution in [-0.2, 0) is 4.74 Å². The average molecular weight is 255 g/mol. The Labute approximate surface area is 112 Å². The lowest BCUT2D eigenvalue weighted by atomic mass is 9.93. The fourth-order valence-corrected chi connectivity index (χ4v) is 1.93. The van der Waals surface area contributed by atoms with Crippen molar-refractivity contribution in [1.82, 2.24) is 4.90 Å². The molecule has 0 aliphatic heterocycles. The van der Waals surface area contributed by atoms with Gasteiger partial charge in [0.1, 0.15) is 5.54 Å². The van der Waals surface area contributed by atoms with E-state index in [2.05, 4.69) is 24.8 Å². The Morgan fingerprint density at radius 3 is 2.50 bits per heavy atom. The first-order valence-electron chi connectivity index (χ1n) is 6.96. The summed E-state index contributed by atoms with van der Waals surface area (Å²) in [4.78, 5) is 2.41. The molecule has 0 aromatic heterocycles. The van der Waals surface area contributed by atoms with Crippen molar-refractivity contribution in [3.8, 4) is 6.07 Å². The molecule has 0 radical (unpaired) electrons. The second-order valence-electron chi connectivity index (χ2n) is 5.01. The van der Waals surface area contributed by atoms with E-state index in [0.717, 1.165) is 39.0 Å². The summed E-state index contributed by atoms with van der Waals surface area (Å²) in [7, 11) is 1.73. The minimum Gasteiger partial charge on any atom is -0.383 e. The number of ether oxygens (including phenoxy) is 1. The van der Waals surface area contributed by atoms with Gasteiger partial charge in [-0.3, -0.25) is 4.90 Å². The van der Waals surface area contributed by atoms with Gasteiger partial charge < -0.3 is 10.5 Å². The molecule has 0 aromatic rings. The maximum Gasteiger partial charge on any atom is 0.104 e. The monoisotopic (exact) mass is 255 g/mol. The summed E-state index contributed by atoms with van der Waals surface area (Å²) in [5.74, 6) is 0. The molecule has 0 aliphatic rings. The molecule has 4 nitrogen and oxygen atoms in total. The van der Waals surface area contributed by atoms with Crippen LogP contribution in [0.1, 0.15) is 46.5 Å². The SMILES string of the molecule is CCC(C)N(CCCC(N)(C#N)CC)CCOC. The van der Waals surface area contributed by atoms with Crippen LogP contribution >= 0.6 is 0 Å². The first-order valence-corrected chi connectivity index (χ1v) is 6.96. The first kappa shape index (κ1) is 17.4. The molecular formula is C14H29N3O. The molecule has 0 bridgehead atoms. The maximum absolute atomic E-state index is 9.04. The van der Waals surface area contributed by atoms with Gasteiger partial charge >= 0.3 is 0 Å². The fraction of sp³-hybridized carbons (Fsp3) is 0.929. The molecule has 0 amide bonds.